The molecule has 4 aromatic rings. The Hall–Kier alpha value is -4.24. The minimum absolute atomic E-state index is 0.0148. The number of aromatic nitrogens is 4. The molecule has 39 heavy (non-hydrogen) atoms. The zero-order chi connectivity index (χ0) is 27.6. The number of nitrogens with zero attached hydrogens (tertiary/aromatic N) is 4. The number of carbonyl (C=O) groups is 2. The summed E-state index contributed by atoms with van der Waals surface area (Å²) in [4.78, 5) is 42.6. The molecule has 0 aliphatic rings. The lowest BCUT2D eigenvalue weighted by Gasteiger charge is -2.20. The summed E-state index contributed by atoms with van der Waals surface area (Å²) >= 11 is 0. The van der Waals surface area contributed by atoms with Crippen LogP contribution in [0.2, 0.25) is 0 Å². The molecule has 3 N–H and O–H groups in total. The van der Waals surface area contributed by atoms with Gasteiger partial charge in [-0.15, -0.1) is 0 Å². The van der Waals surface area contributed by atoms with Crippen LogP contribution in [0.1, 0.15) is 38.3 Å². The van der Waals surface area contributed by atoms with Crippen molar-refractivity contribution < 1.29 is 9.59 Å². The number of hydrogen-bond acceptors (Lipinski definition) is 5. The van der Waals surface area contributed by atoms with E-state index in [-0.39, 0.29) is 12.5 Å². The molecular formula is C30H37N7O2. The summed E-state index contributed by atoms with van der Waals surface area (Å²) < 4.78 is 0. The SMILES string of the molecule is CCCN(C)Cc1ncc(-c2ccc(-c3ccc(-c4cnc(CN(CCC)C(=O)CNC=O)[nH]4)cc3)cc2)[nH]1. The highest BCUT2D eigenvalue weighted by Gasteiger charge is 2.15. The molecule has 0 aliphatic carbocycles. The van der Waals surface area contributed by atoms with Gasteiger partial charge in [-0.05, 0) is 48.7 Å². The predicted octanol–water partition coefficient (Wildman–Crippen LogP) is 4.46. The first-order valence-electron chi connectivity index (χ1n) is 13.4. The van der Waals surface area contributed by atoms with Gasteiger partial charge in [-0.25, -0.2) is 9.97 Å². The van der Waals surface area contributed by atoms with Gasteiger partial charge in [0.15, 0.2) is 0 Å². The van der Waals surface area contributed by atoms with Crippen LogP contribution in [0.15, 0.2) is 60.9 Å². The number of aromatic amines is 2. The molecule has 0 aliphatic heterocycles. The van der Waals surface area contributed by atoms with E-state index in [1.54, 1.807) is 11.1 Å². The summed E-state index contributed by atoms with van der Waals surface area (Å²) in [5, 5.41) is 2.44. The fourth-order valence-electron chi connectivity index (χ4n) is 4.56. The van der Waals surface area contributed by atoms with Gasteiger partial charge >= 0.3 is 0 Å². The number of hydrogen-bond donors (Lipinski definition) is 3. The molecule has 0 radical (unpaired) electrons. The fraction of sp³-hybridized carbons (Fsp3) is 0.333. The molecule has 0 spiro atoms. The second-order valence-electron chi connectivity index (χ2n) is 9.69. The van der Waals surface area contributed by atoms with Gasteiger partial charge in [0.05, 0.1) is 43.4 Å². The normalized spacial score (nSPS) is 11.1. The molecule has 0 fully saturated rings. The van der Waals surface area contributed by atoms with Crippen molar-refractivity contribution in [3.05, 3.63) is 72.6 Å². The second kappa shape index (κ2) is 13.5. The van der Waals surface area contributed by atoms with Crippen molar-refractivity contribution in [2.45, 2.75) is 39.8 Å². The fourth-order valence-corrected chi connectivity index (χ4v) is 4.56. The number of imidazole rings is 2. The highest BCUT2D eigenvalue weighted by atomic mass is 16.2. The summed E-state index contributed by atoms with van der Waals surface area (Å²) in [6.45, 7) is 7.00. The molecule has 4 rings (SSSR count). The van der Waals surface area contributed by atoms with Crippen molar-refractivity contribution in [2.75, 3.05) is 26.7 Å². The minimum atomic E-state index is -0.134. The first kappa shape index (κ1) is 27.8. The standard InChI is InChI=1S/C30H37N7O2/c1-4-14-36(3)19-28-32-16-26(34-28)24-10-6-22(7-11-24)23-8-12-25(13-9-23)27-17-33-29(35-27)20-37(15-5-2)30(39)18-31-21-38/h6-13,16-17,21H,4-5,14-15,18-20H2,1-3H3,(H,31,38)(H,32,34)(H,33,35). The Morgan fingerprint density at radius 3 is 1.77 bits per heavy atom. The Balaban J connectivity index is 1.40. The third-order valence-corrected chi connectivity index (χ3v) is 6.53. The Labute approximate surface area is 229 Å². The molecular weight excluding hydrogens is 490 g/mol. The van der Waals surface area contributed by atoms with Crippen LogP contribution in [0.4, 0.5) is 0 Å². The van der Waals surface area contributed by atoms with Gasteiger partial charge < -0.3 is 20.2 Å². The van der Waals surface area contributed by atoms with E-state index in [0.29, 0.717) is 25.3 Å². The first-order chi connectivity index (χ1) is 19.0. The minimum Gasteiger partial charge on any atom is -0.350 e. The molecule has 0 bridgehead atoms. The monoisotopic (exact) mass is 527 g/mol. The Morgan fingerprint density at radius 2 is 1.28 bits per heavy atom. The zero-order valence-corrected chi connectivity index (χ0v) is 22.9. The molecule has 0 atom stereocenters. The molecule has 204 valence electrons. The van der Waals surface area contributed by atoms with Crippen LogP contribution in [-0.2, 0) is 22.7 Å². The number of carbonyl (C=O) groups excluding carboxylic acids is 2. The molecule has 0 saturated carbocycles. The van der Waals surface area contributed by atoms with Gasteiger partial charge in [-0.3, -0.25) is 14.5 Å². The highest BCUT2D eigenvalue weighted by molar-refractivity contribution is 5.80. The van der Waals surface area contributed by atoms with E-state index in [9.17, 15) is 9.59 Å². The molecule has 2 aromatic carbocycles. The molecule has 2 aromatic heterocycles. The van der Waals surface area contributed by atoms with E-state index >= 15 is 0 Å². The average Bonchev–Trinajstić information content (AvgIpc) is 3.62. The summed E-state index contributed by atoms with van der Waals surface area (Å²) in [5.74, 6) is 1.54. The first-order valence-corrected chi connectivity index (χ1v) is 13.4. The van der Waals surface area contributed by atoms with Gasteiger partial charge in [0.2, 0.25) is 12.3 Å². The van der Waals surface area contributed by atoms with E-state index in [4.69, 9.17) is 0 Å². The quantitative estimate of drug-likeness (QED) is 0.210. The van der Waals surface area contributed by atoms with E-state index in [2.05, 4.69) is 92.7 Å². The van der Waals surface area contributed by atoms with Gasteiger partial charge in [0, 0.05) is 6.54 Å². The smallest absolute Gasteiger partial charge is 0.242 e. The van der Waals surface area contributed by atoms with E-state index in [1.807, 2.05) is 13.1 Å². The van der Waals surface area contributed by atoms with Gasteiger partial charge in [-0.2, -0.15) is 0 Å². The third kappa shape index (κ3) is 7.42. The van der Waals surface area contributed by atoms with Crippen molar-refractivity contribution >= 4 is 12.3 Å². The highest BCUT2D eigenvalue weighted by Crippen LogP contribution is 2.27. The lowest BCUT2D eigenvalue weighted by atomic mass is 10.0. The van der Waals surface area contributed by atoms with Crippen molar-refractivity contribution in [2.24, 2.45) is 0 Å². The molecule has 2 heterocycles. The van der Waals surface area contributed by atoms with Crippen LogP contribution in [0.5, 0.6) is 0 Å². The largest absolute Gasteiger partial charge is 0.350 e. The molecule has 0 unspecified atom stereocenters. The summed E-state index contributed by atoms with van der Waals surface area (Å²) in [7, 11) is 2.11. The van der Waals surface area contributed by atoms with Crippen molar-refractivity contribution in [1.82, 2.24) is 35.1 Å². The lowest BCUT2D eigenvalue weighted by molar-refractivity contribution is -0.132. The summed E-state index contributed by atoms with van der Waals surface area (Å²) in [5.41, 5.74) is 6.29. The molecule has 2 amide bonds. The van der Waals surface area contributed by atoms with Gasteiger partial charge in [0.1, 0.15) is 11.6 Å². The van der Waals surface area contributed by atoms with Gasteiger partial charge in [-0.1, -0.05) is 62.4 Å². The maximum atomic E-state index is 12.4. The van der Waals surface area contributed by atoms with Crippen LogP contribution in [0.3, 0.4) is 0 Å². The van der Waals surface area contributed by atoms with Crippen LogP contribution in [-0.4, -0.2) is 68.7 Å². The number of rotatable bonds is 14. The van der Waals surface area contributed by atoms with Crippen molar-refractivity contribution in [1.29, 1.82) is 0 Å². The second-order valence-corrected chi connectivity index (χ2v) is 9.69. The maximum Gasteiger partial charge on any atom is 0.242 e. The van der Waals surface area contributed by atoms with Gasteiger partial charge in [0.25, 0.3) is 0 Å². The van der Waals surface area contributed by atoms with Crippen LogP contribution >= 0.6 is 0 Å². The van der Waals surface area contributed by atoms with Crippen LogP contribution in [0, 0.1) is 0 Å². The van der Waals surface area contributed by atoms with E-state index in [1.165, 1.54) is 0 Å². The lowest BCUT2D eigenvalue weighted by Crippen LogP contribution is -2.38. The van der Waals surface area contributed by atoms with Crippen molar-refractivity contribution in [3.63, 3.8) is 0 Å². The third-order valence-electron chi connectivity index (χ3n) is 6.53. The zero-order valence-electron chi connectivity index (χ0n) is 22.9. The van der Waals surface area contributed by atoms with Crippen LogP contribution < -0.4 is 5.32 Å². The topological polar surface area (TPSA) is 110 Å². The number of benzene rings is 2. The van der Waals surface area contributed by atoms with Crippen molar-refractivity contribution in [3.8, 4) is 33.6 Å². The number of nitrogens with one attached hydrogen (secondary N) is 3. The average molecular weight is 528 g/mol. The van der Waals surface area contributed by atoms with E-state index in [0.717, 1.165) is 65.4 Å². The number of H-pyrrole nitrogens is 2. The molecule has 9 nitrogen and oxygen atoms in total. The molecule has 0 saturated heterocycles. The Morgan fingerprint density at radius 1 is 0.795 bits per heavy atom. The van der Waals surface area contributed by atoms with E-state index < -0.39 is 0 Å². The Bertz CT molecular complexity index is 1340. The Kier molecular flexibility index (Phi) is 9.64. The van der Waals surface area contributed by atoms with Crippen LogP contribution in [0.25, 0.3) is 33.6 Å². The number of amides is 2. The predicted molar refractivity (Wildman–Crippen MR) is 153 cm³/mol. The summed E-state index contributed by atoms with van der Waals surface area (Å²) in [6.07, 6.45) is 6.17. The maximum absolute atomic E-state index is 12.4. The molecule has 9 heteroatoms. The summed E-state index contributed by atoms with van der Waals surface area (Å²) in [6, 6.07) is 16.8.